The van der Waals surface area contributed by atoms with Crippen LogP contribution in [0.5, 0.6) is 0 Å². The summed E-state index contributed by atoms with van der Waals surface area (Å²) in [7, 11) is 0. The zero-order valence-electron chi connectivity index (χ0n) is 17.6. The molecule has 2 amide bonds. The Kier molecular flexibility index (Phi) is 5.83. The van der Waals surface area contributed by atoms with Gasteiger partial charge in [0, 0.05) is 21.5 Å². The number of anilines is 1. The van der Waals surface area contributed by atoms with E-state index in [4.69, 9.17) is 12.2 Å². The van der Waals surface area contributed by atoms with Crippen molar-refractivity contribution in [3.8, 4) is 5.69 Å². The topological polar surface area (TPSA) is 54.3 Å². The van der Waals surface area contributed by atoms with E-state index < -0.39 is 17.6 Å². The number of carbonyl (C=O) groups is 2. The molecule has 5 nitrogen and oxygen atoms in total. The molecule has 4 rings (SSSR count). The molecule has 0 atom stereocenters. The molecule has 32 heavy (non-hydrogen) atoms. The van der Waals surface area contributed by atoms with Crippen molar-refractivity contribution in [1.29, 1.82) is 0 Å². The van der Waals surface area contributed by atoms with E-state index in [9.17, 15) is 14.0 Å². The maximum atomic E-state index is 13.7. The van der Waals surface area contributed by atoms with Crippen molar-refractivity contribution in [3.05, 3.63) is 86.9 Å². The maximum Gasteiger partial charge on any atom is 0.270 e. The fourth-order valence-corrected chi connectivity index (χ4v) is 4.29. The number of aromatic nitrogens is 1. The predicted octanol–water partition coefficient (Wildman–Crippen LogP) is 5.14. The van der Waals surface area contributed by atoms with Crippen molar-refractivity contribution < 1.29 is 14.0 Å². The molecular formula is C24H19BrFN3O2S. The van der Waals surface area contributed by atoms with Gasteiger partial charge in [-0.05, 0) is 92.7 Å². The van der Waals surface area contributed by atoms with Gasteiger partial charge in [-0.15, -0.1) is 0 Å². The van der Waals surface area contributed by atoms with Crippen molar-refractivity contribution in [3.63, 3.8) is 0 Å². The van der Waals surface area contributed by atoms with Gasteiger partial charge in [0.2, 0.25) is 0 Å². The van der Waals surface area contributed by atoms with Crippen LogP contribution in [0.4, 0.5) is 10.1 Å². The van der Waals surface area contributed by atoms with Gasteiger partial charge in [-0.2, -0.15) is 0 Å². The van der Waals surface area contributed by atoms with Crippen LogP contribution >= 0.6 is 28.1 Å². The third kappa shape index (κ3) is 3.91. The highest BCUT2D eigenvalue weighted by Gasteiger charge is 2.34. The first-order valence-corrected chi connectivity index (χ1v) is 11.0. The maximum absolute atomic E-state index is 13.7. The van der Waals surface area contributed by atoms with Gasteiger partial charge in [-0.1, -0.05) is 22.0 Å². The summed E-state index contributed by atoms with van der Waals surface area (Å²) in [5.74, 6) is -1.69. The Labute approximate surface area is 198 Å². The normalized spacial score (nSPS) is 15.5. The van der Waals surface area contributed by atoms with E-state index >= 15 is 0 Å². The molecule has 0 spiro atoms. The lowest BCUT2D eigenvalue weighted by Gasteiger charge is -2.28. The third-order valence-corrected chi connectivity index (χ3v) is 6.51. The minimum atomic E-state index is -0.603. The Hall–Kier alpha value is -3.10. The van der Waals surface area contributed by atoms with E-state index in [0.29, 0.717) is 0 Å². The first-order chi connectivity index (χ1) is 15.2. The van der Waals surface area contributed by atoms with Gasteiger partial charge < -0.3 is 4.57 Å². The van der Waals surface area contributed by atoms with Gasteiger partial charge in [0.05, 0.1) is 5.69 Å². The Morgan fingerprint density at radius 2 is 1.78 bits per heavy atom. The lowest BCUT2D eigenvalue weighted by Crippen LogP contribution is -2.54. The first kappa shape index (κ1) is 22.1. The second-order valence-electron chi connectivity index (χ2n) is 7.53. The minimum absolute atomic E-state index is 0.0740. The van der Waals surface area contributed by atoms with Crippen molar-refractivity contribution in [2.75, 3.05) is 4.90 Å². The van der Waals surface area contributed by atoms with Gasteiger partial charge >= 0.3 is 0 Å². The highest BCUT2D eigenvalue weighted by molar-refractivity contribution is 9.10. The standard InChI is InChI=1S/C24H19BrFN3O2S/c1-13-9-19(7-8-21(13)25)28-14(2)10-16(15(28)3)11-20-22(30)27-24(32)29(23(20)31)18-6-4-5-17(26)12-18/h4-12H,1-3H3,(H,27,30,32)/b20-11+. The van der Waals surface area contributed by atoms with Gasteiger partial charge in [0.15, 0.2) is 5.11 Å². The van der Waals surface area contributed by atoms with Crippen LogP contribution in [-0.4, -0.2) is 21.5 Å². The number of nitrogens with zero attached hydrogens (tertiary/aromatic N) is 2. The average Bonchev–Trinajstić information content (AvgIpc) is 3.00. The average molecular weight is 512 g/mol. The zero-order chi connectivity index (χ0) is 23.2. The number of hydrogen-bond acceptors (Lipinski definition) is 3. The first-order valence-electron chi connectivity index (χ1n) is 9.80. The lowest BCUT2D eigenvalue weighted by atomic mass is 10.1. The number of benzene rings is 2. The van der Waals surface area contributed by atoms with Crippen LogP contribution in [0.15, 0.2) is 58.6 Å². The number of rotatable bonds is 3. The largest absolute Gasteiger partial charge is 0.318 e. The van der Waals surface area contributed by atoms with Crippen molar-refractivity contribution in [1.82, 2.24) is 9.88 Å². The molecule has 1 saturated heterocycles. The number of hydrogen-bond donors (Lipinski definition) is 1. The van der Waals surface area contributed by atoms with Crippen LogP contribution in [-0.2, 0) is 9.59 Å². The molecule has 162 valence electrons. The zero-order valence-corrected chi connectivity index (χ0v) is 20.0. The molecule has 8 heteroatoms. The molecule has 0 bridgehead atoms. The van der Waals surface area contributed by atoms with Crippen molar-refractivity contribution >= 4 is 56.8 Å². The van der Waals surface area contributed by atoms with E-state index in [2.05, 4.69) is 31.9 Å². The summed E-state index contributed by atoms with van der Waals surface area (Å²) in [5, 5.41) is 2.44. The van der Waals surface area contributed by atoms with Gasteiger partial charge in [-0.25, -0.2) is 4.39 Å². The van der Waals surface area contributed by atoms with Gasteiger partial charge in [-0.3, -0.25) is 19.8 Å². The molecule has 1 fully saturated rings. The molecule has 1 aliphatic rings. The molecule has 0 saturated carbocycles. The third-order valence-electron chi connectivity index (χ3n) is 5.34. The monoisotopic (exact) mass is 511 g/mol. The summed E-state index contributed by atoms with van der Waals surface area (Å²) < 4.78 is 16.8. The Morgan fingerprint density at radius 3 is 2.47 bits per heavy atom. The van der Waals surface area contributed by atoms with E-state index in [-0.39, 0.29) is 16.4 Å². The Bertz CT molecular complexity index is 1330. The summed E-state index contributed by atoms with van der Waals surface area (Å²) >= 11 is 8.69. The van der Waals surface area contributed by atoms with Crippen LogP contribution in [0.3, 0.4) is 0 Å². The number of halogens is 2. The summed E-state index contributed by atoms with van der Waals surface area (Å²) in [6.07, 6.45) is 1.55. The number of aryl methyl sites for hydroxylation is 2. The van der Waals surface area contributed by atoms with Crippen LogP contribution in [0, 0.1) is 26.6 Å². The molecule has 0 radical (unpaired) electrons. The van der Waals surface area contributed by atoms with E-state index in [1.807, 2.05) is 39.0 Å². The molecule has 2 heterocycles. The lowest BCUT2D eigenvalue weighted by molar-refractivity contribution is -0.122. The molecule has 0 aliphatic carbocycles. The van der Waals surface area contributed by atoms with E-state index in [1.165, 1.54) is 18.2 Å². The summed E-state index contributed by atoms with van der Waals surface area (Å²) in [5.41, 5.74) is 4.81. The second-order valence-corrected chi connectivity index (χ2v) is 8.77. The SMILES string of the molecule is Cc1cc(-n2c(C)cc(/C=C3\C(=O)NC(=S)N(c4cccc(F)c4)C3=O)c2C)ccc1Br. The number of amides is 2. The van der Waals surface area contributed by atoms with Gasteiger partial charge in [0.1, 0.15) is 11.4 Å². The fraction of sp³-hybridized carbons (Fsp3) is 0.125. The molecule has 2 aromatic carbocycles. The van der Waals surface area contributed by atoms with Crippen LogP contribution in [0.2, 0.25) is 0 Å². The van der Waals surface area contributed by atoms with Crippen molar-refractivity contribution in [2.45, 2.75) is 20.8 Å². The molecule has 3 aromatic rings. The summed E-state index contributed by atoms with van der Waals surface area (Å²) in [6.45, 7) is 5.90. The van der Waals surface area contributed by atoms with Crippen molar-refractivity contribution in [2.24, 2.45) is 0 Å². The van der Waals surface area contributed by atoms with Crippen LogP contribution in [0.1, 0.15) is 22.5 Å². The smallest absolute Gasteiger partial charge is 0.270 e. The predicted molar refractivity (Wildman–Crippen MR) is 130 cm³/mol. The highest BCUT2D eigenvalue weighted by Crippen LogP contribution is 2.28. The second kappa shape index (κ2) is 8.44. The summed E-state index contributed by atoms with van der Waals surface area (Å²) in [4.78, 5) is 26.9. The summed E-state index contributed by atoms with van der Waals surface area (Å²) in [6, 6.07) is 13.5. The molecule has 1 N–H and O–H groups in total. The Balaban J connectivity index is 1.77. The van der Waals surface area contributed by atoms with E-state index in [0.717, 1.165) is 37.6 Å². The number of carbonyl (C=O) groups excluding carboxylic acids is 2. The molecule has 1 aromatic heterocycles. The fourth-order valence-electron chi connectivity index (χ4n) is 3.76. The quantitative estimate of drug-likeness (QED) is 0.301. The number of nitrogens with one attached hydrogen (secondary N) is 1. The molecular weight excluding hydrogens is 493 g/mol. The van der Waals surface area contributed by atoms with Crippen LogP contribution in [0.25, 0.3) is 11.8 Å². The van der Waals surface area contributed by atoms with Crippen LogP contribution < -0.4 is 10.2 Å². The van der Waals surface area contributed by atoms with E-state index in [1.54, 1.807) is 12.1 Å². The number of thiocarbonyl (C=S) groups is 1. The molecule has 1 aliphatic heterocycles. The highest BCUT2D eigenvalue weighted by atomic mass is 79.9. The molecule has 0 unspecified atom stereocenters. The van der Waals surface area contributed by atoms with Gasteiger partial charge in [0.25, 0.3) is 11.8 Å². The minimum Gasteiger partial charge on any atom is -0.318 e. The Morgan fingerprint density at radius 1 is 1.03 bits per heavy atom.